The van der Waals surface area contributed by atoms with Gasteiger partial charge in [0.25, 0.3) is 0 Å². The molecule has 0 N–H and O–H groups in total. The topological polar surface area (TPSA) is 17.1 Å². The van der Waals surface area contributed by atoms with Crippen LogP contribution >= 0.6 is 22.6 Å². The summed E-state index contributed by atoms with van der Waals surface area (Å²) in [6, 6.07) is 0. The molecular weight excluding hydrogens is 251 g/mol. The van der Waals surface area contributed by atoms with Crippen molar-refractivity contribution in [3.63, 3.8) is 0 Å². The molecule has 1 aliphatic carbocycles. The molecule has 2 heteroatoms. The van der Waals surface area contributed by atoms with E-state index in [0.717, 1.165) is 12.8 Å². The molecule has 0 aromatic heterocycles. The molecule has 0 unspecified atom stereocenters. The van der Waals surface area contributed by atoms with Crippen LogP contribution in [0.5, 0.6) is 0 Å². The van der Waals surface area contributed by atoms with Crippen molar-refractivity contribution in [2.24, 2.45) is 11.3 Å². The van der Waals surface area contributed by atoms with Crippen LogP contribution in [-0.2, 0) is 4.79 Å². The molecule has 0 aromatic carbocycles. The van der Waals surface area contributed by atoms with Crippen molar-refractivity contribution in [3.8, 4) is 0 Å². The molecule has 0 heterocycles. The Kier molecular flexibility index (Phi) is 2.62. The van der Waals surface area contributed by atoms with E-state index >= 15 is 0 Å². The van der Waals surface area contributed by atoms with Gasteiger partial charge < -0.3 is 0 Å². The molecular formula is C9H15IO. The molecule has 0 aliphatic heterocycles. The van der Waals surface area contributed by atoms with Gasteiger partial charge >= 0.3 is 0 Å². The number of halogens is 1. The predicted molar refractivity (Wildman–Crippen MR) is 55.0 cm³/mol. The molecule has 2 atom stereocenters. The number of alkyl halides is 1. The van der Waals surface area contributed by atoms with Gasteiger partial charge in [0, 0.05) is 16.3 Å². The summed E-state index contributed by atoms with van der Waals surface area (Å²) in [6.45, 7) is 6.46. The summed E-state index contributed by atoms with van der Waals surface area (Å²) in [5.41, 5.74) is 0.204. The van der Waals surface area contributed by atoms with Crippen LogP contribution in [0.2, 0.25) is 0 Å². The Bertz CT molecular complexity index is 174. The molecule has 1 aliphatic rings. The largest absolute Gasteiger partial charge is 0.299 e. The van der Waals surface area contributed by atoms with Gasteiger partial charge in [-0.3, -0.25) is 4.79 Å². The highest BCUT2D eigenvalue weighted by molar-refractivity contribution is 14.1. The van der Waals surface area contributed by atoms with Crippen LogP contribution in [0.3, 0.4) is 0 Å². The average molecular weight is 266 g/mol. The second-order valence-electron chi connectivity index (χ2n) is 4.02. The van der Waals surface area contributed by atoms with Crippen molar-refractivity contribution in [3.05, 3.63) is 0 Å². The zero-order valence-electron chi connectivity index (χ0n) is 7.36. The van der Waals surface area contributed by atoms with E-state index in [4.69, 9.17) is 0 Å². The number of carbonyl (C=O) groups excluding carboxylic acids is 1. The number of rotatable bonds is 0. The van der Waals surface area contributed by atoms with Gasteiger partial charge in [-0.05, 0) is 11.8 Å². The normalized spacial score (nSPS) is 37.3. The molecule has 1 rings (SSSR count). The smallest absolute Gasteiger partial charge is 0.136 e. The Labute approximate surface area is 82.1 Å². The average Bonchev–Trinajstić information content (AvgIpc) is 1.95. The molecule has 0 radical (unpaired) electrons. The first kappa shape index (κ1) is 9.49. The second kappa shape index (κ2) is 3.04. The van der Waals surface area contributed by atoms with Crippen LogP contribution in [-0.4, -0.2) is 9.71 Å². The molecule has 0 amide bonds. The number of ketones is 1. The van der Waals surface area contributed by atoms with Crippen LogP contribution in [0.25, 0.3) is 0 Å². The van der Waals surface area contributed by atoms with Gasteiger partial charge in [-0.2, -0.15) is 0 Å². The minimum Gasteiger partial charge on any atom is -0.299 e. The summed E-state index contributed by atoms with van der Waals surface area (Å²) in [6.07, 6.45) is 1.86. The number of hydrogen-bond donors (Lipinski definition) is 0. The van der Waals surface area contributed by atoms with Gasteiger partial charge in [0.2, 0.25) is 0 Å². The molecule has 1 nitrogen and oxygen atoms in total. The SMILES string of the molecule is C[C@H]1C(=O)CC[C@@H](I)C1(C)C. The van der Waals surface area contributed by atoms with Crippen molar-refractivity contribution in [1.29, 1.82) is 0 Å². The van der Waals surface area contributed by atoms with E-state index in [1.807, 2.05) is 0 Å². The van der Waals surface area contributed by atoms with Gasteiger partial charge in [0.15, 0.2) is 0 Å². The minimum absolute atomic E-state index is 0.204. The van der Waals surface area contributed by atoms with E-state index in [9.17, 15) is 4.79 Å². The van der Waals surface area contributed by atoms with E-state index in [1.165, 1.54) is 0 Å². The van der Waals surface area contributed by atoms with Crippen LogP contribution in [0.4, 0.5) is 0 Å². The van der Waals surface area contributed by atoms with Crippen LogP contribution in [0, 0.1) is 11.3 Å². The van der Waals surface area contributed by atoms with Crippen molar-refractivity contribution >= 4 is 28.4 Å². The van der Waals surface area contributed by atoms with Gasteiger partial charge in [-0.1, -0.05) is 43.4 Å². The van der Waals surface area contributed by atoms with E-state index < -0.39 is 0 Å². The predicted octanol–water partition coefficient (Wildman–Crippen LogP) is 2.82. The van der Waals surface area contributed by atoms with E-state index in [-0.39, 0.29) is 11.3 Å². The van der Waals surface area contributed by atoms with Crippen molar-refractivity contribution < 1.29 is 4.79 Å². The first-order chi connectivity index (χ1) is 4.96. The summed E-state index contributed by atoms with van der Waals surface area (Å²) in [7, 11) is 0. The van der Waals surface area contributed by atoms with Gasteiger partial charge in [-0.25, -0.2) is 0 Å². The lowest BCUT2D eigenvalue weighted by molar-refractivity contribution is -0.127. The Morgan fingerprint density at radius 2 is 2.09 bits per heavy atom. The molecule has 1 saturated carbocycles. The summed E-state index contributed by atoms with van der Waals surface area (Å²) in [5, 5.41) is 0. The fourth-order valence-electron chi connectivity index (χ4n) is 1.54. The molecule has 0 aromatic rings. The molecule has 1 fully saturated rings. The lowest BCUT2D eigenvalue weighted by Crippen LogP contribution is -2.40. The van der Waals surface area contributed by atoms with Gasteiger partial charge in [0.05, 0.1) is 0 Å². The van der Waals surface area contributed by atoms with Crippen molar-refractivity contribution in [2.45, 2.75) is 37.5 Å². The van der Waals surface area contributed by atoms with Crippen LogP contribution < -0.4 is 0 Å². The second-order valence-corrected chi connectivity index (χ2v) is 5.52. The lowest BCUT2D eigenvalue weighted by Gasteiger charge is -2.39. The third-order valence-electron chi connectivity index (χ3n) is 3.05. The first-order valence-corrected chi connectivity index (χ1v) is 5.37. The Morgan fingerprint density at radius 1 is 1.55 bits per heavy atom. The summed E-state index contributed by atoms with van der Waals surface area (Å²) in [5.74, 6) is 0.695. The molecule has 0 bridgehead atoms. The van der Waals surface area contributed by atoms with Crippen LogP contribution in [0.1, 0.15) is 33.6 Å². The van der Waals surface area contributed by atoms with Crippen molar-refractivity contribution in [2.75, 3.05) is 0 Å². The maximum Gasteiger partial charge on any atom is 0.136 e. The summed E-state index contributed by atoms with van der Waals surface area (Å²) >= 11 is 2.47. The Balaban J connectivity index is 2.80. The Morgan fingerprint density at radius 3 is 2.55 bits per heavy atom. The number of Topliss-reactive ketones (excluding diaryl/α,β-unsaturated/α-hetero) is 1. The quantitative estimate of drug-likeness (QED) is 0.486. The third kappa shape index (κ3) is 1.60. The lowest BCUT2D eigenvalue weighted by atomic mass is 9.69. The Hall–Kier alpha value is 0.400. The highest BCUT2D eigenvalue weighted by Crippen LogP contribution is 2.42. The summed E-state index contributed by atoms with van der Waals surface area (Å²) < 4.78 is 0.660. The first-order valence-electron chi connectivity index (χ1n) is 4.13. The number of carbonyl (C=O) groups is 1. The van der Waals surface area contributed by atoms with E-state index in [2.05, 4.69) is 43.4 Å². The maximum atomic E-state index is 11.4. The fraction of sp³-hybridized carbons (Fsp3) is 0.889. The molecule has 0 saturated heterocycles. The van der Waals surface area contributed by atoms with E-state index in [1.54, 1.807) is 0 Å². The standard InChI is InChI=1S/C9H15IO/c1-6-7(11)4-5-8(10)9(6,2)3/h6,8H,4-5H2,1-3H3/t6-,8+/m0/s1. The molecule has 11 heavy (non-hydrogen) atoms. The molecule has 64 valence electrons. The third-order valence-corrected chi connectivity index (χ3v) is 5.28. The zero-order chi connectivity index (χ0) is 8.65. The number of hydrogen-bond acceptors (Lipinski definition) is 1. The zero-order valence-corrected chi connectivity index (χ0v) is 9.51. The van der Waals surface area contributed by atoms with Crippen molar-refractivity contribution in [1.82, 2.24) is 0 Å². The maximum absolute atomic E-state index is 11.4. The minimum atomic E-state index is 0.204. The summed E-state index contributed by atoms with van der Waals surface area (Å²) in [4.78, 5) is 11.4. The van der Waals surface area contributed by atoms with Gasteiger partial charge in [0.1, 0.15) is 5.78 Å². The fourth-order valence-corrected chi connectivity index (χ4v) is 2.39. The molecule has 0 spiro atoms. The highest BCUT2D eigenvalue weighted by Gasteiger charge is 2.40. The van der Waals surface area contributed by atoms with E-state index in [0.29, 0.717) is 9.71 Å². The van der Waals surface area contributed by atoms with Crippen LogP contribution in [0.15, 0.2) is 0 Å². The highest BCUT2D eigenvalue weighted by atomic mass is 127. The van der Waals surface area contributed by atoms with Gasteiger partial charge in [-0.15, -0.1) is 0 Å². The monoisotopic (exact) mass is 266 g/mol.